The predicted octanol–water partition coefficient (Wildman–Crippen LogP) is 7.21. The van der Waals surface area contributed by atoms with Gasteiger partial charge in [0.2, 0.25) is 5.91 Å². The minimum atomic E-state index is -0.228. The van der Waals surface area contributed by atoms with Crippen LogP contribution in [0.3, 0.4) is 0 Å². The van der Waals surface area contributed by atoms with E-state index in [4.69, 9.17) is 21.9 Å². The number of hydrogen-bond donors (Lipinski definition) is 3. The molecule has 1 amide bonds. The Balaban J connectivity index is 1.25. The van der Waals surface area contributed by atoms with Gasteiger partial charge in [-0.3, -0.25) is 9.78 Å². The van der Waals surface area contributed by atoms with Crippen LogP contribution in [0.2, 0.25) is 0 Å². The Bertz CT molecular complexity index is 1540. The topological polar surface area (TPSA) is 105 Å². The van der Waals surface area contributed by atoms with Crippen molar-refractivity contribution >= 4 is 52.4 Å². The molecule has 3 N–H and O–H groups in total. The molecule has 1 aromatic heterocycles. The van der Waals surface area contributed by atoms with Gasteiger partial charge >= 0.3 is 0 Å². The number of fused-ring (bicyclic) bond motifs is 4. The number of aliphatic imine (C=N–C) groups is 1. The number of allylic oxidation sites excluding steroid dienone is 1. The first-order valence-corrected chi connectivity index (χ1v) is 15.8. The number of piperidine rings is 1. The minimum Gasteiger partial charge on any atom is -0.363 e. The quantitative estimate of drug-likeness (QED) is 0.252. The van der Waals surface area contributed by atoms with Crippen LogP contribution in [0.5, 0.6) is 0 Å². The van der Waals surface area contributed by atoms with E-state index in [1.54, 1.807) is 18.1 Å². The highest BCUT2D eigenvalue weighted by molar-refractivity contribution is 7.97. The fourth-order valence-electron chi connectivity index (χ4n) is 5.28. The third kappa shape index (κ3) is 8.60. The average Bonchev–Trinajstić information content (AvgIpc) is 3.02. The SMILES string of the molecule is C/C=C(Cl)\C1=N/C(C)Nc2cncc(c2)CCc2cc(ccc2NC(=O)CC2CCN(Sc3ccc(C#N)cc3)CC2)N1. The fraction of sp³-hybridized carbons (Fsp3) is 0.333. The van der Waals surface area contributed by atoms with Gasteiger partial charge in [-0.15, -0.1) is 0 Å². The molecule has 3 aromatic rings. The fourth-order valence-corrected chi connectivity index (χ4v) is 6.33. The highest BCUT2D eigenvalue weighted by Crippen LogP contribution is 2.31. The highest BCUT2D eigenvalue weighted by Gasteiger charge is 2.23. The molecule has 3 heterocycles. The molecule has 4 bridgehead atoms. The first-order valence-electron chi connectivity index (χ1n) is 14.6. The van der Waals surface area contributed by atoms with Crippen LogP contribution in [-0.2, 0) is 17.6 Å². The molecule has 2 aliphatic rings. The number of nitrogens with zero attached hydrogens (tertiary/aromatic N) is 4. The highest BCUT2D eigenvalue weighted by atomic mass is 35.5. The number of halogens is 1. The molecule has 222 valence electrons. The van der Waals surface area contributed by atoms with Gasteiger partial charge in [0.1, 0.15) is 12.0 Å². The Hall–Kier alpha value is -3.84. The lowest BCUT2D eigenvalue weighted by atomic mass is 9.94. The van der Waals surface area contributed by atoms with Gasteiger partial charge in [-0.1, -0.05) is 17.7 Å². The largest absolute Gasteiger partial charge is 0.363 e. The number of nitrogens with one attached hydrogen (secondary N) is 3. The molecule has 1 unspecified atom stereocenters. The smallest absolute Gasteiger partial charge is 0.224 e. The van der Waals surface area contributed by atoms with Crippen LogP contribution >= 0.6 is 23.5 Å². The Morgan fingerprint density at radius 1 is 1.14 bits per heavy atom. The van der Waals surface area contributed by atoms with Gasteiger partial charge in [-0.2, -0.15) is 5.26 Å². The van der Waals surface area contributed by atoms with Crippen molar-refractivity contribution in [3.8, 4) is 6.07 Å². The molecule has 2 aromatic carbocycles. The van der Waals surface area contributed by atoms with Crippen molar-refractivity contribution < 1.29 is 4.79 Å². The van der Waals surface area contributed by atoms with Crippen LogP contribution in [0.15, 0.2) is 81.9 Å². The second-order valence-electron chi connectivity index (χ2n) is 10.9. The molecule has 43 heavy (non-hydrogen) atoms. The molecule has 0 aliphatic carbocycles. The normalized spacial score (nSPS) is 19.3. The van der Waals surface area contributed by atoms with E-state index < -0.39 is 0 Å². The number of pyridine rings is 1. The number of rotatable bonds is 6. The molecule has 1 atom stereocenters. The standard InChI is InChI=1S/C33H36ClN7OS/c1-3-30(34)33-38-22(2)37-28-16-25(20-36-21-28)4-7-26-18-27(39-33)8-11-31(26)40-32(42)17-23-12-14-41(15-13-23)43-29-9-5-24(19-35)6-10-29/h3,5-6,8-11,16,18,20-23,37H,4,7,12-15,17H2,1-2H3,(H,38,39)(H,40,42)/b30-3+. The number of nitriles is 1. The molecule has 0 radical (unpaired) electrons. The summed E-state index contributed by atoms with van der Waals surface area (Å²) in [5, 5.41) is 19.5. The van der Waals surface area contributed by atoms with Crippen LogP contribution in [0, 0.1) is 17.2 Å². The van der Waals surface area contributed by atoms with Crippen molar-refractivity contribution in [2.24, 2.45) is 10.9 Å². The third-order valence-electron chi connectivity index (χ3n) is 7.56. The van der Waals surface area contributed by atoms with Gasteiger partial charge in [0.05, 0.1) is 28.5 Å². The number of carbonyl (C=O) groups excluding carboxylic acids is 1. The Morgan fingerprint density at radius 3 is 2.67 bits per heavy atom. The number of benzene rings is 2. The number of amidine groups is 1. The zero-order valence-corrected chi connectivity index (χ0v) is 26.0. The maximum atomic E-state index is 13.2. The van der Waals surface area contributed by atoms with Gasteiger partial charge < -0.3 is 16.0 Å². The van der Waals surface area contributed by atoms with Crippen molar-refractivity contribution in [1.82, 2.24) is 9.29 Å². The van der Waals surface area contributed by atoms with Gasteiger partial charge in [-0.05, 0) is 117 Å². The summed E-state index contributed by atoms with van der Waals surface area (Å²) in [6.45, 7) is 5.69. The van der Waals surface area contributed by atoms with Crippen molar-refractivity contribution in [1.29, 1.82) is 5.26 Å². The molecule has 8 nitrogen and oxygen atoms in total. The van der Waals surface area contributed by atoms with E-state index in [9.17, 15) is 4.79 Å². The second-order valence-corrected chi connectivity index (χ2v) is 12.4. The lowest BCUT2D eigenvalue weighted by Crippen LogP contribution is -2.30. The van der Waals surface area contributed by atoms with Crippen LogP contribution < -0.4 is 16.0 Å². The summed E-state index contributed by atoms with van der Waals surface area (Å²) in [4.78, 5) is 23.5. The molecule has 10 heteroatoms. The van der Waals surface area contributed by atoms with Crippen molar-refractivity contribution in [2.45, 2.75) is 57.0 Å². The second kappa shape index (κ2) is 14.6. The van der Waals surface area contributed by atoms with Crippen LogP contribution in [0.25, 0.3) is 0 Å². The van der Waals surface area contributed by atoms with Crippen molar-refractivity contribution in [3.63, 3.8) is 0 Å². The van der Waals surface area contributed by atoms with Crippen molar-refractivity contribution in [2.75, 3.05) is 29.0 Å². The molecular formula is C33H36ClN7OS. The number of hydrogen-bond acceptors (Lipinski definition) is 8. The summed E-state index contributed by atoms with van der Waals surface area (Å²) in [6.07, 6.45) is 9.21. The molecule has 5 rings (SSSR count). The maximum absolute atomic E-state index is 13.2. The number of amides is 1. The minimum absolute atomic E-state index is 0.0407. The number of aryl methyl sites for hydroxylation is 2. The van der Waals surface area contributed by atoms with Crippen LogP contribution in [0.1, 0.15) is 49.8 Å². The lowest BCUT2D eigenvalue weighted by Gasteiger charge is -2.30. The van der Waals surface area contributed by atoms with Crippen molar-refractivity contribution in [3.05, 3.63) is 88.7 Å². The molecule has 0 saturated carbocycles. The number of carbonyl (C=O) groups is 1. The average molecular weight is 614 g/mol. The van der Waals surface area contributed by atoms with E-state index in [2.05, 4.69) is 43.4 Å². The maximum Gasteiger partial charge on any atom is 0.224 e. The zero-order valence-electron chi connectivity index (χ0n) is 24.4. The Kier molecular flexibility index (Phi) is 10.4. The van der Waals surface area contributed by atoms with Gasteiger partial charge in [0.25, 0.3) is 0 Å². The number of aromatic nitrogens is 1. The van der Waals surface area contributed by atoms with E-state index in [1.807, 2.05) is 62.5 Å². The Labute approximate surface area is 262 Å². The third-order valence-corrected chi connectivity index (χ3v) is 9.07. The monoisotopic (exact) mass is 613 g/mol. The van der Waals surface area contributed by atoms with E-state index >= 15 is 0 Å². The lowest BCUT2D eigenvalue weighted by molar-refractivity contribution is -0.117. The van der Waals surface area contributed by atoms with E-state index in [0.717, 1.165) is 71.9 Å². The summed E-state index contributed by atoms with van der Waals surface area (Å²) in [5.74, 6) is 0.951. The first-order chi connectivity index (χ1) is 20.9. The van der Waals surface area contributed by atoms with Gasteiger partial charge in [-0.25, -0.2) is 9.30 Å². The molecular weight excluding hydrogens is 578 g/mol. The summed E-state index contributed by atoms with van der Waals surface area (Å²) in [7, 11) is 0. The summed E-state index contributed by atoms with van der Waals surface area (Å²) in [6, 6.07) is 17.9. The van der Waals surface area contributed by atoms with Gasteiger partial charge in [0, 0.05) is 42.0 Å². The van der Waals surface area contributed by atoms with E-state index in [-0.39, 0.29) is 12.1 Å². The molecule has 2 aliphatic heterocycles. The molecule has 1 fully saturated rings. The molecule has 0 spiro atoms. The molecule has 1 saturated heterocycles. The van der Waals surface area contributed by atoms with Crippen LogP contribution in [-0.4, -0.2) is 40.3 Å². The van der Waals surface area contributed by atoms with Crippen LogP contribution in [0.4, 0.5) is 17.1 Å². The van der Waals surface area contributed by atoms with E-state index in [0.29, 0.717) is 28.8 Å². The summed E-state index contributed by atoms with van der Waals surface area (Å²) >= 11 is 8.24. The first kappa shape index (κ1) is 30.6. The number of anilines is 3. The van der Waals surface area contributed by atoms with E-state index in [1.165, 1.54) is 0 Å². The summed E-state index contributed by atoms with van der Waals surface area (Å²) < 4.78 is 2.34. The zero-order chi connectivity index (χ0) is 30.2. The summed E-state index contributed by atoms with van der Waals surface area (Å²) in [5.41, 5.74) is 5.38. The Morgan fingerprint density at radius 2 is 1.93 bits per heavy atom. The predicted molar refractivity (Wildman–Crippen MR) is 176 cm³/mol. The van der Waals surface area contributed by atoms with Gasteiger partial charge in [0.15, 0.2) is 0 Å².